The zero-order chi connectivity index (χ0) is 15.4. The van der Waals surface area contributed by atoms with Gasteiger partial charge in [-0.2, -0.15) is 0 Å². The molecule has 0 N–H and O–H groups in total. The monoisotopic (exact) mass is 313 g/mol. The van der Waals surface area contributed by atoms with E-state index < -0.39 is 0 Å². The molecule has 0 bridgehead atoms. The van der Waals surface area contributed by atoms with E-state index in [1.165, 1.54) is 5.56 Å². The first-order chi connectivity index (χ1) is 10.7. The minimum atomic E-state index is 0.107. The number of piperidine rings is 1. The third kappa shape index (κ3) is 3.76. The number of hydrogen-bond acceptors (Lipinski definition) is 2. The van der Waals surface area contributed by atoms with Gasteiger partial charge in [-0.25, -0.2) is 0 Å². The quantitative estimate of drug-likeness (QED) is 0.778. The van der Waals surface area contributed by atoms with Gasteiger partial charge in [-0.1, -0.05) is 54.1 Å². The fraction of sp³-hybridized carbons (Fsp3) is 0.316. The van der Waals surface area contributed by atoms with Gasteiger partial charge in [-0.15, -0.1) is 0 Å². The Hall–Kier alpha value is -1.64. The number of carbonyl (C=O) groups excluding carboxylic acids is 1. The van der Waals surface area contributed by atoms with E-state index in [4.69, 9.17) is 11.6 Å². The van der Waals surface area contributed by atoms with E-state index in [-0.39, 0.29) is 11.7 Å². The van der Waals surface area contributed by atoms with E-state index in [2.05, 4.69) is 11.0 Å². The van der Waals surface area contributed by atoms with Gasteiger partial charge in [0, 0.05) is 29.6 Å². The molecule has 22 heavy (non-hydrogen) atoms. The van der Waals surface area contributed by atoms with E-state index in [1.807, 2.05) is 48.5 Å². The lowest BCUT2D eigenvalue weighted by atomic mass is 9.90. The van der Waals surface area contributed by atoms with Crippen molar-refractivity contribution in [3.8, 4) is 0 Å². The first-order valence-corrected chi connectivity index (χ1v) is 8.16. The first kappa shape index (κ1) is 15.3. The molecule has 0 radical (unpaired) electrons. The average Bonchev–Trinajstić information content (AvgIpc) is 2.55. The normalized spacial score (nSPS) is 19.0. The Morgan fingerprint density at radius 1 is 1.14 bits per heavy atom. The maximum atomic E-state index is 12.6. The minimum Gasteiger partial charge on any atom is -0.298 e. The highest BCUT2D eigenvalue weighted by Crippen LogP contribution is 2.23. The maximum absolute atomic E-state index is 12.6. The number of Topliss-reactive ketones (excluding diaryl/α,β-unsaturated/α-hetero) is 1. The molecular formula is C19H20ClNO. The van der Waals surface area contributed by atoms with Crippen molar-refractivity contribution in [2.24, 2.45) is 5.92 Å². The minimum absolute atomic E-state index is 0.107. The number of carbonyl (C=O) groups is 1. The summed E-state index contributed by atoms with van der Waals surface area (Å²) in [5.41, 5.74) is 2.04. The van der Waals surface area contributed by atoms with Gasteiger partial charge >= 0.3 is 0 Å². The molecule has 1 fully saturated rings. The van der Waals surface area contributed by atoms with Gasteiger partial charge in [0.15, 0.2) is 5.78 Å². The molecule has 3 rings (SSSR count). The van der Waals surface area contributed by atoms with Crippen LogP contribution >= 0.6 is 11.6 Å². The molecule has 3 heteroatoms. The molecular weight excluding hydrogens is 294 g/mol. The first-order valence-electron chi connectivity index (χ1n) is 7.78. The van der Waals surface area contributed by atoms with E-state index in [0.717, 1.165) is 43.1 Å². The van der Waals surface area contributed by atoms with Crippen LogP contribution < -0.4 is 0 Å². The smallest absolute Gasteiger partial charge is 0.167 e. The van der Waals surface area contributed by atoms with Crippen LogP contribution in [0.3, 0.4) is 0 Å². The second-order valence-corrected chi connectivity index (χ2v) is 6.37. The second-order valence-electron chi connectivity index (χ2n) is 5.93. The lowest BCUT2D eigenvalue weighted by molar-refractivity contribution is 0.0811. The molecule has 1 saturated heterocycles. The summed E-state index contributed by atoms with van der Waals surface area (Å²) in [4.78, 5) is 15.0. The van der Waals surface area contributed by atoms with Crippen LogP contribution in [0.2, 0.25) is 5.02 Å². The van der Waals surface area contributed by atoms with Crippen molar-refractivity contribution in [1.29, 1.82) is 0 Å². The zero-order valence-electron chi connectivity index (χ0n) is 12.5. The lowest BCUT2D eigenvalue weighted by Crippen LogP contribution is -2.38. The van der Waals surface area contributed by atoms with Crippen LogP contribution in [0.1, 0.15) is 28.8 Å². The zero-order valence-corrected chi connectivity index (χ0v) is 13.3. The van der Waals surface area contributed by atoms with Crippen molar-refractivity contribution in [2.75, 3.05) is 13.1 Å². The topological polar surface area (TPSA) is 20.3 Å². The standard InChI is InChI=1S/C19H20ClNO/c20-18-10-4-6-15(12-18)13-21-11-5-9-17(14-21)19(22)16-7-2-1-3-8-16/h1-4,6-8,10,12,17H,5,9,11,13-14H2. The summed E-state index contributed by atoms with van der Waals surface area (Å²) in [6, 6.07) is 17.6. The molecule has 1 aliphatic heterocycles. The molecule has 1 aliphatic rings. The van der Waals surface area contributed by atoms with Crippen molar-refractivity contribution < 1.29 is 4.79 Å². The van der Waals surface area contributed by atoms with E-state index in [0.29, 0.717) is 0 Å². The molecule has 0 aliphatic carbocycles. The van der Waals surface area contributed by atoms with Crippen LogP contribution in [0.5, 0.6) is 0 Å². The van der Waals surface area contributed by atoms with Gasteiger partial charge in [-0.05, 0) is 37.1 Å². The van der Waals surface area contributed by atoms with Crippen LogP contribution in [-0.2, 0) is 6.54 Å². The van der Waals surface area contributed by atoms with Crippen molar-refractivity contribution >= 4 is 17.4 Å². The Morgan fingerprint density at radius 2 is 1.95 bits per heavy atom. The molecule has 2 aromatic rings. The molecule has 1 heterocycles. The Labute approximate surface area is 136 Å². The Balaban J connectivity index is 1.65. The molecule has 1 atom stereocenters. The van der Waals surface area contributed by atoms with Gasteiger partial charge in [0.05, 0.1) is 0 Å². The fourth-order valence-electron chi connectivity index (χ4n) is 3.14. The third-order valence-corrected chi connectivity index (χ3v) is 4.46. The maximum Gasteiger partial charge on any atom is 0.167 e. The summed E-state index contributed by atoms with van der Waals surface area (Å²) in [5.74, 6) is 0.381. The Bertz CT molecular complexity index is 641. The third-order valence-electron chi connectivity index (χ3n) is 4.23. The van der Waals surface area contributed by atoms with Gasteiger partial charge < -0.3 is 0 Å². The van der Waals surface area contributed by atoms with Crippen LogP contribution in [-0.4, -0.2) is 23.8 Å². The Morgan fingerprint density at radius 3 is 2.73 bits per heavy atom. The van der Waals surface area contributed by atoms with E-state index in [1.54, 1.807) is 0 Å². The predicted octanol–water partition coefficient (Wildman–Crippen LogP) is 4.43. The number of likely N-dealkylation sites (tertiary alicyclic amines) is 1. The summed E-state index contributed by atoms with van der Waals surface area (Å²) < 4.78 is 0. The molecule has 114 valence electrons. The van der Waals surface area contributed by atoms with Crippen molar-refractivity contribution in [1.82, 2.24) is 4.90 Å². The SMILES string of the molecule is O=C(c1ccccc1)C1CCCN(Cc2cccc(Cl)c2)C1. The van der Waals surface area contributed by atoms with Crippen molar-refractivity contribution in [3.05, 3.63) is 70.7 Å². The molecule has 0 aromatic heterocycles. The predicted molar refractivity (Wildman–Crippen MR) is 90.2 cm³/mol. The summed E-state index contributed by atoms with van der Waals surface area (Å²) in [6.45, 7) is 2.74. The van der Waals surface area contributed by atoms with Gasteiger partial charge in [0.25, 0.3) is 0 Å². The summed E-state index contributed by atoms with van der Waals surface area (Å²) in [6.07, 6.45) is 2.06. The van der Waals surface area contributed by atoms with Gasteiger partial charge in [0.1, 0.15) is 0 Å². The summed E-state index contributed by atoms with van der Waals surface area (Å²) in [7, 11) is 0. The molecule has 0 spiro atoms. The van der Waals surface area contributed by atoms with E-state index in [9.17, 15) is 4.79 Å². The van der Waals surface area contributed by atoms with Crippen molar-refractivity contribution in [2.45, 2.75) is 19.4 Å². The van der Waals surface area contributed by atoms with Gasteiger partial charge in [-0.3, -0.25) is 9.69 Å². The second kappa shape index (κ2) is 7.08. The van der Waals surface area contributed by atoms with Crippen LogP contribution in [0, 0.1) is 5.92 Å². The van der Waals surface area contributed by atoms with Crippen molar-refractivity contribution in [3.63, 3.8) is 0 Å². The van der Waals surface area contributed by atoms with Crippen LogP contribution in [0.4, 0.5) is 0 Å². The fourth-order valence-corrected chi connectivity index (χ4v) is 3.36. The molecule has 2 nitrogen and oxygen atoms in total. The summed E-state index contributed by atoms with van der Waals surface area (Å²) >= 11 is 6.05. The largest absolute Gasteiger partial charge is 0.298 e. The summed E-state index contributed by atoms with van der Waals surface area (Å²) in [5, 5.41) is 0.770. The highest BCUT2D eigenvalue weighted by atomic mass is 35.5. The molecule has 0 saturated carbocycles. The molecule has 2 aromatic carbocycles. The Kier molecular flexibility index (Phi) is 4.91. The molecule has 1 unspecified atom stereocenters. The highest BCUT2D eigenvalue weighted by Gasteiger charge is 2.26. The number of nitrogens with zero attached hydrogens (tertiary/aromatic N) is 1. The number of ketones is 1. The van der Waals surface area contributed by atoms with Crippen LogP contribution in [0.25, 0.3) is 0 Å². The molecule has 0 amide bonds. The average molecular weight is 314 g/mol. The number of hydrogen-bond donors (Lipinski definition) is 0. The number of rotatable bonds is 4. The van der Waals surface area contributed by atoms with E-state index >= 15 is 0 Å². The number of halogens is 1. The van der Waals surface area contributed by atoms with Crippen LogP contribution in [0.15, 0.2) is 54.6 Å². The lowest BCUT2D eigenvalue weighted by Gasteiger charge is -2.32. The highest BCUT2D eigenvalue weighted by molar-refractivity contribution is 6.30. The number of benzene rings is 2. The van der Waals surface area contributed by atoms with Gasteiger partial charge in [0.2, 0.25) is 0 Å².